The first-order chi connectivity index (χ1) is 29.3. The lowest BCUT2D eigenvalue weighted by atomic mass is 9.47. The standard InChI is InChI=1S/C27H40F6O.C27H46O2.CH4/c1-16(9-14-25(4,26(28,29)30)27(31,32)33)20-7-8-21-19-6-5-17-15-18(34)10-12-23(17,2)22(19)11-13-24(20,21)3;1-18(17-28)6-5-7-19(2)23-10-11-24-22-9-8-20-16-21(29)12-14-26(20,3)25(22)13-15-27(23,24)4;/h5,16,18-22,34H,6-15H2,1-4H3;8,18-19,21-25,28-29H,5-7,9-17H2,1-4H3;1H4/t16?,18-,19?,20?,21?,22?,23?,24?;18?,19-,21+,22?,23-,24?,25?,26+,27-;/m01./s1. The van der Waals surface area contributed by atoms with Crippen LogP contribution in [0.4, 0.5) is 26.3 Å². The third-order valence-corrected chi connectivity index (χ3v) is 21.7. The summed E-state index contributed by atoms with van der Waals surface area (Å²) in [6.45, 7) is 17.1. The Balaban J connectivity index is 0.000000212. The summed E-state index contributed by atoms with van der Waals surface area (Å²) < 4.78 is 80.5. The Hall–Kier alpha value is -1.06. The maximum absolute atomic E-state index is 13.4. The summed E-state index contributed by atoms with van der Waals surface area (Å²) in [6.07, 6.45) is 14.5. The molecule has 6 fully saturated rings. The second-order valence-corrected chi connectivity index (χ2v) is 24.8. The van der Waals surface area contributed by atoms with Gasteiger partial charge in [0.2, 0.25) is 0 Å². The van der Waals surface area contributed by atoms with E-state index in [-0.39, 0.29) is 48.7 Å². The molecular formula is C55H90F6O3. The zero-order valence-corrected chi connectivity index (χ0v) is 40.3. The van der Waals surface area contributed by atoms with E-state index in [1.807, 2.05) is 6.92 Å². The SMILES string of the molecule is C.CC(CCC(C)(C(F)(F)F)C(F)(F)F)C1CCC2C3CC=C4C[C@@H](O)CCC4(C)C3CCC12C.CC(CO)CCC[C@@H](C)[C@H]1CCC2C3CC=C4C[C@@H](O)CC[C@]4(C)C3CC[C@@]21C. The summed E-state index contributed by atoms with van der Waals surface area (Å²) in [5.41, 5.74) is 0.347. The highest BCUT2D eigenvalue weighted by Gasteiger charge is 2.67. The molecule has 11 unspecified atom stereocenters. The molecule has 0 heterocycles. The van der Waals surface area contributed by atoms with Crippen LogP contribution in [0, 0.1) is 92.2 Å². The molecule has 0 aromatic carbocycles. The molecule has 0 spiro atoms. The molecule has 64 heavy (non-hydrogen) atoms. The number of rotatable bonds is 10. The fourth-order valence-corrected chi connectivity index (χ4v) is 17.5. The van der Waals surface area contributed by atoms with Crippen molar-refractivity contribution in [3.05, 3.63) is 23.3 Å². The van der Waals surface area contributed by atoms with Crippen molar-refractivity contribution in [3.63, 3.8) is 0 Å². The second kappa shape index (κ2) is 19.0. The number of aliphatic hydroxyl groups excluding tert-OH is 3. The van der Waals surface area contributed by atoms with Gasteiger partial charge in [0.15, 0.2) is 5.41 Å². The van der Waals surface area contributed by atoms with Gasteiger partial charge in [-0.15, -0.1) is 0 Å². The topological polar surface area (TPSA) is 60.7 Å². The van der Waals surface area contributed by atoms with Crippen LogP contribution in [0.3, 0.4) is 0 Å². The lowest BCUT2D eigenvalue weighted by Gasteiger charge is -2.58. The van der Waals surface area contributed by atoms with Crippen molar-refractivity contribution in [2.24, 2.45) is 92.2 Å². The van der Waals surface area contributed by atoms with E-state index >= 15 is 0 Å². The fraction of sp³-hybridized carbons (Fsp3) is 0.927. The molecule has 0 aromatic heterocycles. The van der Waals surface area contributed by atoms with Gasteiger partial charge in [-0.2, -0.15) is 26.3 Å². The summed E-state index contributed by atoms with van der Waals surface area (Å²) in [5, 5.41) is 29.7. The number of hydrogen-bond acceptors (Lipinski definition) is 3. The van der Waals surface area contributed by atoms with Gasteiger partial charge in [-0.05, 0) is 216 Å². The minimum Gasteiger partial charge on any atom is -0.396 e. The van der Waals surface area contributed by atoms with Crippen LogP contribution >= 0.6 is 0 Å². The zero-order chi connectivity index (χ0) is 46.1. The van der Waals surface area contributed by atoms with Gasteiger partial charge in [0.1, 0.15) is 0 Å². The van der Waals surface area contributed by atoms with Crippen molar-refractivity contribution in [1.82, 2.24) is 0 Å². The van der Waals surface area contributed by atoms with E-state index in [9.17, 15) is 41.7 Å². The number of allylic oxidation sites excluding steroid dienone is 2. The average Bonchev–Trinajstić information content (AvgIpc) is 3.76. The molecule has 0 radical (unpaired) electrons. The van der Waals surface area contributed by atoms with Crippen LogP contribution in [0.25, 0.3) is 0 Å². The number of hydrogen-bond donors (Lipinski definition) is 3. The first-order valence-corrected chi connectivity index (χ1v) is 25.8. The highest BCUT2D eigenvalue weighted by atomic mass is 19.4. The lowest BCUT2D eigenvalue weighted by Crippen LogP contribution is -2.51. The van der Waals surface area contributed by atoms with Crippen molar-refractivity contribution in [1.29, 1.82) is 0 Å². The van der Waals surface area contributed by atoms with Crippen LogP contribution in [-0.2, 0) is 0 Å². The maximum atomic E-state index is 13.4. The van der Waals surface area contributed by atoms with Gasteiger partial charge in [0.05, 0.1) is 12.2 Å². The van der Waals surface area contributed by atoms with E-state index in [1.165, 1.54) is 63.4 Å². The van der Waals surface area contributed by atoms with Crippen molar-refractivity contribution in [2.45, 2.75) is 222 Å². The summed E-state index contributed by atoms with van der Waals surface area (Å²) >= 11 is 0. The monoisotopic (exact) mass is 913 g/mol. The normalized spacial score (nSPS) is 43.2. The molecule has 8 aliphatic rings. The van der Waals surface area contributed by atoms with Gasteiger partial charge in [-0.25, -0.2) is 0 Å². The maximum Gasteiger partial charge on any atom is 0.402 e. The molecule has 0 bridgehead atoms. The second-order valence-electron chi connectivity index (χ2n) is 24.8. The lowest BCUT2D eigenvalue weighted by molar-refractivity contribution is -0.337. The molecular weight excluding hydrogens is 823 g/mol. The van der Waals surface area contributed by atoms with E-state index in [1.54, 1.807) is 5.57 Å². The molecule has 9 heteroatoms. The predicted molar refractivity (Wildman–Crippen MR) is 247 cm³/mol. The largest absolute Gasteiger partial charge is 0.402 e. The Bertz CT molecular complexity index is 1640. The van der Waals surface area contributed by atoms with Gasteiger partial charge in [0.25, 0.3) is 0 Å². The van der Waals surface area contributed by atoms with Crippen molar-refractivity contribution in [2.75, 3.05) is 6.61 Å². The minimum absolute atomic E-state index is 0. The number of halogens is 6. The van der Waals surface area contributed by atoms with Crippen molar-refractivity contribution in [3.8, 4) is 0 Å². The molecule has 0 amide bonds. The molecule has 0 saturated heterocycles. The van der Waals surface area contributed by atoms with Crippen molar-refractivity contribution < 1.29 is 41.7 Å². The van der Waals surface area contributed by atoms with E-state index in [0.717, 1.165) is 93.8 Å². The Morgan fingerprint density at radius 2 is 1.02 bits per heavy atom. The Labute approximate surface area is 384 Å². The molecule has 17 atom stereocenters. The van der Waals surface area contributed by atoms with E-state index < -0.39 is 24.2 Å². The van der Waals surface area contributed by atoms with Gasteiger partial charge in [0, 0.05) is 6.61 Å². The first kappa shape index (κ1) is 52.3. The molecule has 3 nitrogen and oxygen atoms in total. The molecule has 0 aromatic rings. The number of fused-ring (bicyclic) bond motifs is 10. The van der Waals surface area contributed by atoms with Gasteiger partial charge in [-0.1, -0.05) is 92.0 Å². The first-order valence-electron chi connectivity index (χ1n) is 25.8. The molecule has 3 N–H and O–H groups in total. The Kier molecular flexibility index (Phi) is 15.6. The van der Waals surface area contributed by atoms with Crippen LogP contribution in [-0.4, -0.2) is 46.5 Å². The summed E-state index contributed by atoms with van der Waals surface area (Å²) in [6, 6.07) is 0. The highest BCUT2D eigenvalue weighted by molar-refractivity contribution is 5.27. The third-order valence-electron chi connectivity index (χ3n) is 21.7. The fourth-order valence-electron chi connectivity index (χ4n) is 17.5. The zero-order valence-electron chi connectivity index (χ0n) is 40.3. The van der Waals surface area contributed by atoms with Crippen LogP contribution in [0.2, 0.25) is 0 Å². The number of aliphatic hydroxyl groups is 3. The van der Waals surface area contributed by atoms with E-state index in [2.05, 4.69) is 53.7 Å². The van der Waals surface area contributed by atoms with Crippen LogP contribution < -0.4 is 0 Å². The van der Waals surface area contributed by atoms with Gasteiger partial charge in [-0.3, -0.25) is 0 Å². The minimum atomic E-state index is -5.31. The van der Waals surface area contributed by atoms with Crippen LogP contribution in [0.15, 0.2) is 23.3 Å². The molecule has 8 aliphatic carbocycles. The molecule has 6 saturated carbocycles. The summed E-state index contributed by atoms with van der Waals surface area (Å²) in [5.74, 6) is 6.36. The predicted octanol–water partition coefficient (Wildman–Crippen LogP) is 15.5. The van der Waals surface area contributed by atoms with Gasteiger partial charge >= 0.3 is 12.4 Å². The number of alkyl halides is 6. The quantitative estimate of drug-likeness (QED) is 0.151. The molecule has 8 rings (SSSR count). The van der Waals surface area contributed by atoms with Crippen LogP contribution in [0.5, 0.6) is 0 Å². The van der Waals surface area contributed by atoms with Crippen LogP contribution in [0.1, 0.15) is 198 Å². The molecule has 0 aliphatic heterocycles. The Morgan fingerprint density at radius 1 is 0.594 bits per heavy atom. The van der Waals surface area contributed by atoms with Crippen molar-refractivity contribution >= 4 is 0 Å². The van der Waals surface area contributed by atoms with E-state index in [0.29, 0.717) is 48.0 Å². The molecule has 370 valence electrons. The highest BCUT2D eigenvalue weighted by Crippen LogP contribution is 2.69. The van der Waals surface area contributed by atoms with E-state index in [4.69, 9.17) is 0 Å². The smallest absolute Gasteiger partial charge is 0.396 e. The third kappa shape index (κ3) is 9.12. The summed E-state index contributed by atoms with van der Waals surface area (Å²) in [7, 11) is 0. The Morgan fingerprint density at radius 3 is 1.42 bits per heavy atom. The summed E-state index contributed by atoms with van der Waals surface area (Å²) in [4.78, 5) is 0. The van der Waals surface area contributed by atoms with Gasteiger partial charge < -0.3 is 15.3 Å². The average molecular weight is 913 g/mol.